The van der Waals surface area contributed by atoms with Crippen molar-refractivity contribution in [2.45, 2.75) is 26.4 Å². The van der Waals surface area contributed by atoms with E-state index in [1.54, 1.807) is 6.07 Å². The molecule has 0 unspecified atom stereocenters. The Labute approximate surface area is 95.5 Å². The van der Waals surface area contributed by atoms with Crippen molar-refractivity contribution in [2.24, 2.45) is 0 Å². The number of aliphatic hydroxyl groups excluding tert-OH is 1. The van der Waals surface area contributed by atoms with Gasteiger partial charge in [0.05, 0.1) is 0 Å². The third-order valence-electron chi connectivity index (χ3n) is 2.68. The van der Waals surface area contributed by atoms with Crippen LogP contribution in [-0.4, -0.2) is 5.11 Å². The summed E-state index contributed by atoms with van der Waals surface area (Å²) in [5, 5.41) is 8.92. The fourth-order valence-electron chi connectivity index (χ4n) is 1.65. The Bertz CT molecular complexity index is 452. The van der Waals surface area contributed by atoms with E-state index >= 15 is 0 Å². The molecule has 0 aliphatic rings. The highest BCUT2D eigenvalue weighted by molar-refractivity contribution is 5.58. The van der Waals surface area contributed by atoms with Crippen molar-refractivity contribution >= 4 is 0 Å². The third kappa shape index (κ3) is 2.17. The first kappa shape index (κ1) is 11.0. The summed E-state index contributed by atoms with van der Waals surface area (Å²) in [5.74, 6) is 1.95. The Morgan fingerprint density at radius 2 is 1.75 bits per heavy atom. The fraction of sp³-hybridized carbons (Fsp3) is 0.286. The topological polar surface area (TPSA) is 33.4 Å². The smallest absolute Gasteiger partial charge is 0.134 e. The molecule has 84 valence electrons. The molecule has 2 nitrogen and oxygen atoms in total. The molecular formula is C14H16O2. The first-order chi connectivity index (χ1) is 7.70. The number of aliphatic hydroxyl groups is 1. The Kier molecular flexibility index (Phi) is 3.11. The number of hydrogen-bond donors (Lipinski definition) is 1. The van der Waals surface area contributed by atoms with Gasteiger partial charge in [-0.05, 0) is 23.6 Å². The molecule has 0 bridgehead atoms. The molecule has 1 N–H and O–H groups in total. The van der Waals surface area contributed by atoms with E-state index in [-0.39, 0.29) is 6.61 Å². The van der Waals surface area contributed by atoms with E-state index < -0.39 is 0 Å². The second-order valence-electron chi connectivity index (χ2n) is 4.20. The van der Waals surface area contributed by atoms with Crippen LogP contribution >= 0.6 is 0 Å². The molecule has 1 aromatic heterocycles. The average molecular weight is 216 g/mol. The van der Waals surface area contributed by atoms with Crippen molar-refractivity contribution in [1.29, 1.82) is 0 Å². The van der Waals surface area contributed by atoms with Gasteiger partial charge in [-0.3, -0.25) is 0 Å². The van der Waals surface area contributed by atoms with Crippen LogP contribution in [-0.2, 0) is 6.61 Å². The van der Waals surface area contributed by atoms with Crippen molar-refractivity contribution in [3.63, 3.8) is 0 Å². The molecule has 1 aromatic carbocycles. The molecule has 2 aromatic rings. The Morgan fingerprint density at radius 3 is 2.25 bits per heavy atom. The van der Waals surface area contributed by atoms with Crippen LogP contribution < -0.4 is 0 Å². The molecule has 0 fully saturated rings. The van der Waals surface area contributed by atoms with Gasteiger partial charge < -0.3 is 9.52 Å². The molecule has 0 aliphatic heterocycles. The quantitative estimate of drug-likeness (QED) is 0.851. The molecule has 0 radical (unpaired) electrons. The van der Waals surface area contributed by atoms with Crippen LogP contribution in [0.4, 0.5) is 0 Å². The second-order valence-corrected chi connectivity index (χ2v) is 4.20. The minimum Gasteiger partial charge on any atom is -0.459 e. The van der Waals surface area contributed by atoms with Gasteiger partial charge in [0, 0.05) is 5.56 Å². The molecule has 0 saturated heterocycles. The summed E-state index contributed by atoms with van der Waals surface area (Å²) in [4.78, 5) is 0. The lowest BCUT2D eigenvalue weighted by atomic mass is 10.0. The van der Waals surface area contributed by atoms with Gasteiger partial charge in [0.2, 0.25) is 0 Å². The van der Waals surface area contributed by atoms with E-state index in [0.29, 0.717) is 11.7 Å². The van der Waals surface area contributed by atoms with Crippen LogP contribution in [0.2, 0.25) is 0 Å². The lowest BCUT2D eigenvalue weighted by Crippen LogP contribution is -1.86. The molecule has 16 heavy (non-hydrogen) atoms. The molecule has 0 atom stereocenters. The Hall–Kier alpha value is -1.54. The molecule has 0 amide bonds. The summed E-state index contributed by atoms with van der Waals surface area (Å²) in [5.41, 5.74) is 2.36. The third-order valence-corrected chi connectivity index (χ3v) is 2.68. The van der Waals surface area contributed by atoms with Crippen LogP contribution in [0, 0.1) is 0 Å². The molecule has 2 rings (SSSR count). The van der Waals surface area contributed by atoms with E-state index in [1.165, 1.54) is 5.56 Å². The van der Waals surface area contributed by atoms with Gasteiger partial charge >= 0.3 is 0 Å². The molecular weight excluding hydrogens is 200 g/mol. The van der Waals surface area contributed by atoms with Crippen molar-refractivity contribution in [3.05, 3.63) is 47.7 Å². The molecule has 0 aliphatic carbocycles. The number of hydrogen-bond acceptors (Lipinski definition) is 2. The van der Waals surface area contributed by atoms with E-state index in [0.717, 1.165) is 11.3 Å². The SMILES string of the molecule is CC(C)c1ccc(-c2ccc(CO)o2)cc1. The van der Waals surface area contributed by atoms with Crippen LogP contribution in [0.3, 0.4) is 0 Å². The molecule has 0 spiro atoms. The first-order valence-corrected chi connectivity index (χ1v) is 5.50. The fourth-order valence-corrected chi connectivity index (χ4v) is 1.65. The zero-order valence-corrected chi connectivity index (χ0v) is 9.60. The van der Waals surface area contributed by atoms with E-state index in [1.807, 2.05) is 6.07 Å². The van der Waals surface area contributed by atoms with Crippen LogP contribution in [0.5, 0.6) is 0 Å². The highest BCUT2D eigenvalue weighted by Crippen LogP contribution is 2.24. The highest BCUT2D eigenvalue weighted by atomic mass is 16.4. The van der Waals surface area contributed by atoms with Crippen molar-refractivity contribution in [1.82, 2.24) is 0 Å². The predicted octanol–water partition coefficient (Wildman–Crippen LogP) is 3.56. The normalized spacial score (nSPS) is 11.0. The van der Waals surface area contributed by atoms with Crippen molar-refractivity contribution < 1.29 is 9.52 Å². The lowest BCUT2D eigenvalue weighted by Gasteiger charge is -2.05. The first-order valence-electron chi connectivity index (χ1n) is 5.50. The van der Waals surface area contributed by atoms with Crippen LogP contribution in [0.15, 0.2) is 40.8 Å². The summed E-state index contributed by atoms with van der Waals surface area (Å²) in [7, 11) is 0. The van der Waals surface area contributed by atoms with Gasteiger partial charge in [0.25, 0.3) is 0 Å². The van der Waals surface area contributed by atoms with Gasteiger partial charge in [0.1, 0.15) is 18.1 Å². The van der Waals surface area contributed by atoms with Gasteiger partial charge in [0.15, 0.2) is 0 Å². The number of furan rings is 1. The Morgan fingerprint density at radius 1 is 1.06 bits per heavy atom. The minimum absolute atomic E-state index is 0.0515. The zero-order chi connectivity index (χ0) is 11.5. The zero-order valence-electron chi connectivity index (χ0n) is 9.60. The summed E-state index contributed by atoms with van der Waals surface area (Å²) < 4.78 is 5.47. The molecule has 0 saturated carbocycles. The maximum Gasteiger partial charge on any atom is 0.134 e. The second kappa shape index (κ2) is 4.54. The summed E-state index contributed by atoms with van der Waals surface area (Å²) in [6.45, 7) is 4.29. The van der Waals surface area contributed by atoms with Gasteiger partial charge in [-0.2, -0.15) is 0 Å². The minimum atomic E-state index is -0.0515. The average Bonchev–Trinajstić information content (AvgIpc) is 2.77. The summed E-state index contributed by atoms with van der Waals surface area (Å²) in [6.07, 6.45) is 0. The predicted molar refractivity (Wildman–Crippen MR) is 64.2 cm³/mol. The summed E-state index contributed by atoms with van der Waals surface area (Å²) >= 11 is 0. The Balaban J connectivity index is 2.27. The maximum absolute atomic E-state index is 8.92. The van der Waals surface area contributed by atoms with Gasteiger partial charge in [-0.25, -0.2) is 0 Å². The number of rotatable bonds is 3. The maximum atomic E-state index is 8.92. The monoisotopic (exact) mass is 216 g/mol. The number of benzene rings is 1. The van der Waals surface area contributed by atoms with Gasteiger partial charge in [-0.1, -0.05) is 38.1 Å². The van der Waals surface area contributed by atoms with E-state index in [9.17, 15) is 0 Å². The largest absolute Gasteiger partial charge is 0.459 e. The van der Waals surface area contributed by atoms with E-state index in [2.05, 4.69) is 38.1 Å². The van der Waals surface area contributed by atoms with Crippen LogP contribution in [0.1, 0.15) is 31.1 Å². The van der Waals surface area contributed by atoms with Crippen LogP contribution in [0.25, 0.3) is 11.3 Å². The highest BCUT2D eigenvalue weighted by Gasteiger charge is 2.05. The molecule has 1 heterocycles. The van der Waals surface area contributed by atoms with Crippen molar-refractivity contribution in [3.8, 4) is 11.3 Å². The summed E-state index contributed by atoms with van der Waals surface area (Å²) in [6, 6.07) is 12.0. The van der Waals surface area contributed by atoms with Gasteiger partial charge in [-0.15, -0.1) is 0 Å². The van der Waals surface area contributed by atoms with Crippen molar-refractivity contribution in [2.75, 3.05) is 0 Å². The lowest BCUT2D eigenvalue weighted by molar-refractivity contribution is 0.248. The molecule has 2 heteroatoms. The standard InChI is InChI=1S/C14H16O2/c1-10(2)11-3-5-12(6-4-11)14-8-7-13(9-15)16-14/h3-8,10,15H,9H2,1-2H3. The van der Waals surface area contributed by atoms with E-state index in [4.69, 9.17) is 9.52 Å².